The average molecular weight is 287 g/mol. The van der Waals surface area contributed by atoms with Crippen LogP contribution in [0, 0.1) is 0 Å². The van der Waals surface area contributed by atoms with E-state index in [4.69, 9.17) is 5.11 Å². The molecule has 3 aromatic rings. The quantitative estimate of drug-likeness (QED) is 0.690. The zero-order chi connectivity index (χ0) is 14.1. The van der Waals surface area contributed by atoms with Gasteiger partial charge in [0.05, 0.1) is 6.33 Å². The molecule has 100 valence electrons. The molecule has 0 radical (unpaired) electrons. The molecule has 20 heavy (non-hydrogen) atoms. The smallest absolute Gasteiger partial charge is 0.354 e. The molecule has 0 spiro atoms. The first kappa shape index (κ1) is 12.4. The molecule has 0 aliphatic carbocycles. The van der Waals surface area contributed by atoms with Crippen LogP contribution in [0.4, 0.5) is 5.69 Å². The second-order valence-corrected chi connectivity index (χ2v) is 5.01. The minimum absolute atomic E-state index is 0.136. The normalized spacial score (nSPS) is 10.6. The Labute approximate surface area is 117 Å². The summed E-state index contributed by atoms with van der Waals surface area (Å²) in [6.45, 7) is 0. The maximum atomic E-state index is 12.0. The molecule has 2 heterocycles. The molecule has 0 unspecified atom stereocenters. The van der Waals surface area contributed by atoms with E-state index in [0.717, 1.165) is 10.1 Å². The molecule has 0 aliphatic heterocycles. The van der Waals surface area contributed by atoms with Gasteiger partial charge in [-0.1, -0.05) is 0 Å². The Kier molecular flexibility index (Phi) is 2.96. The molecule has 0 aliphatic rings. The first-order valence-corrected chi connectivity index (χ1v) is 6.58. The molecule has 3 rings (SSSR count). The van der Waals surface area contributed by atoms with Crippen LogP contribution >= 0.6 is 11.3 Å². The molecule has 0 bridgehead atoms. The molecular weight excluding hydrogens is 278 g/mol. The van der Waals surface area contributed by atoms with Crippen molar-refractivity contribution in [1.29, 1.82) is 0 Å². The number of amides is 1. The van der Waals surface area contributed by atoms with Gasteiger partial charge in [0.2, 0.25) is 0 Å². The zero-order valence-electron chi connectivity index (χ0n) is 10.1. The van der Waals surface area contributed by atoms with E-state index in [1.165, 1.54) is 6.33 Å². The van der Waals surface area contributed by atoms with E-state index in [1.807, 2.05) is 23.6 Å². The Bertz CT molecular complexity index is 806. The number of benzene rings is 1. The summed E-state index contributed by atoms with van der Waals surface area (Å²) < 4.78 is 1.12. The lowest BCUT2D eigenvalue weighted by Gasteiger charge is -2.04. The summed E-state index contributed by atoms with van der Waals surface area (Å²) >= 11 is 1.61. The number of anilines is 1. The monoisotopic (exact) mass is 287 g/mol. The number of hydrogen-bond donors (Lipinski definition) is 3. The SMILES string of the molecule is O=C(Nc1ccc2sccc2c1)c1nc[nH]c1C(=O)O. The van der Waals surface area contributed by atoms with Gasteiger partial charge in [0, 0.05) is 10.4 Å². The molecule has 2 aromatic heterocycles. The Balaban J connectivity index is 1.88. The third-order valence-corrected chi connectivity index (χ3v) is 3.68. The summed E-state index contributed by atoms with van der Waals surface area (Å²) in [5.41, 5.74) is 0.238. The van der Waals surface area contributed by atoms with Crippen LogP contribution in [0.3, 0.4) is 0 Å². The third-order valence-electron chi connectivity index (χ3n) is 2.78. The minimum Gasteiger partial charge on any atom is -0.477 e. The number of fused-ring (bicyclic) bond motifs is 1. The molecule has 0 saturated carbocycles. The lowest BCUT2D eigenvalue weighted by atomic mass is 10.2. The number of rotatable bonds is 3. The van der Waals surface area contributed by atoms with E-state index in [2.05, 4.69) is 15.3 Å². The highest BCUT2D eigenvalue weighted by Gasteiger charge is 2.19. The molecule has 1 amide bonds. The van der Waals surface area contributed by atoms with Crippen molar-refractivity contribution in [3.05, 3.63) is 47.4 Å². The first-order valence-electron chi connectivity index (χ1n) is 5.70. The molecule has 1 aromatic carbocycles. The number of aromatic amines is 1. The van der Waals surface area contributed by atoms with Crippen molar-refractivity contribution >= 4 is 39.0 Å². The van der Waals surface area contributed by atoms with Gasteiger partial charge in [0.25, 0.3) is 5.91 Å². The number of carboxylic acids is 1. The Hall–Kier alpha value is -2.67. The van der Waals surface area contributed by atoms with Gasteiger partial charge < -0.3 is 15.4 Å². The predicted molar refractivity (Wildman–Crippen MR) is 75.3 cm³/mol. The fraction of sp³-hybridized carbons (Fsp3) is 0. The maximum absolute atomic E-state index is 12.0. The van der Waals surface area contributed by atoms with E-state index in [9.17, 15) is 9.59 Å². The average Bonchev–Trinajstić information content (AvgIpc) is 3.06. The molecule has 3 N–H and O–H groups in total. The maximum Gasteiger partial charge on any atom is 0.354 e. The largest absolute Gasteiger partial charge is 0.477 e. The van der Waals surface area contributed by atoms with Crippen molar-refractivity contribution < 1.29 is 14.7 Å². The molecular formula is C13H9N3O3S. The highest BCUT2D eigenvalue weighted by Crippen LogP contribution is 2.24. The number of H-pyrrole nitrogens is 1. The predicted octanol–water partition coefficient (Wildman–Crippen LogP) is 2.57. The van der Waals surface area contributed by atoms with Gasteiger partial charge in [-0.2, -0.15) is 0 Å². The number of aromatic nitrogens is 2. The van der Waals surface area contributed by atoms with E-state index in [1.54, 1.807) is 17.4 Å². The summed E-state index contributed by atoms with van der Waals surface area (Å²) in [5.74, 6) is -1.78. The van der Waals surface area contributed by atoms with Crippen LogP contribution in [0.2, 0.25) is 0 Å². The molecule has 7 heteroatoms. The van der Waals surface area contributed by atoms with Crippen LogP contribution in [0.15, 0.2) is 36.0 Å². The summed E-state index contributed by atoms with van der Waals surface area (Å²) in [7, 11) is 0. The minimum atomic E-state index is -1.22. The highest BCUT2D eigenvalue weighted by atomic mass is 32.1. The number of nitrogens with one attached hydrogen (secondary N) is 2. The standard InChI is InChI=1S/C13H9N3O3S/c17-12(10-11(13(18)19)15-6-14-10)16-8-1-2-9-7(5-8)3-4-20-9/h1-6H,(H,14,15)(H,16,17)(H,18,19). The number of thiophene rings is 1. The number of hydrogen-bond acceptors (Lipinski definition) is 4. The van der Waals surface area contributed by atoms with Gasteiger partial charge in [-0.25, -0.2) is 9.78 Å². The lowest BCUT2D eigenvalue weighted by Crippen LogP contribution is -2.16. The molecule has 0 saturated heterocycles. The third kappa shape index (κ3) is 2.14. The molecule has 0 atom stereocenters. The number of imidazole rings is 1. The van der Waals surface area contributed by atoms with Crippen molar-refractivity contribution in [2.45, 2.75) is 0 Å². The van der Waals surface area contributed by atoms with E-state index >= 15 is 0 Å². The van der Waals surface area contributed by atoms with Gasteiger partial charge in [-0.15, -0.1) is 11.3 Å². The topological polar surface area (TPSA) is 95.1 Å². The lowest BCUT2D eigenvalue weighted by molar-refractivity contribution is 0.0686. The number of nitrogens with zero attached hydrogens (tertiary/aromatic N) is 1. The van der Waals surface area contributed by atoms with E-state index < -0.39 is 11.9 Å². The summed E-state index contributed by atoms with van der Waals surface area (Å²) in [5, 5.41) is 14.6. The van der Waals surface area contributed by atoms with Gasteiger partial charge in [0.1, 0.15) is 0 Å². The van der Waals surface area contributed by atoms with Gasteiger partial charge in [0.15, 0.2) is 11.4 Å². The van der Waals surface area contributed by atoms with Crippen molar-refractivity contribution in [1.82, 2.24) is 9.97 Å². The van der Waals surface area contributed by atoms with Crippen molar-refractivity contribution in [2.24, 2.45) is 0 Å². The van der Waals surface area contributed by atoms with Gasteiger partial charge in [-0.3, -0.25) is 4.79 Å². The van der Waals surface area contributed by atoms with Crippen LogP contribution < -0.4 is 5.32 Å². The Morgan fingerprint density at radius 3 is 2.95 bits per heavy atom. The van der Waals surface area contributed by atoms with Crippen LogP contribution in [0.5, 0.6) is 0 Å². The second-order valence-electron chi connectivity index (χ2n) is 4.06. The van der Waals surface area contributed by atoms with Crippen molar-refractivity contribution in [3.63, 3.8) is 0 Å². The fourth-order valence-electron chi connectivity index (χ4n) is 1.86. The Morgan fingerprint density at radius 2 is 2.15 bits per heavy atom. The molecule has 6 nitrogen and oxygen atoms in total. The number of aromatic carboxylic acids is 1. The first-order chi connectivity index (χ1) is 9.65. The van der Waals surface area contributed by atoms with E-state index in [0.29, 0.717) is 5.69 Å². The van der Waals surface area contributed by atoms with E-state index in [-0.39, 0.29) is 11.4 Å². The van der Waals surface area contributed by atoms with Gasteiger partial charge >= 0.3 is 5.97 Å². The van der Waals surface area contributed by atoms with Crippen molar-refractivity contribution in [2.75, 3.05) is 5.32 Å². The van der Waals surface area contributed by atoms with Crippen LogP contribution in [0.1, 0.15) is 21.0 Å². The van der Waals surface area contributed by atoms with Crippen molar-refractivity contribution in [3.8, 4) is 0 Å². The van der Waals surface area contributed by atoms with Gasteiger partial charge in [-0.05, 0) is 35.0 Å². The second kappa shape index (κ2) is 4.78. The van der Waals surface area contributed by atoms with Crippen LogP contribution in [-0.4, -0.2) is 27.0 Å². The zero-order valence-corrected chi connectivity index (χ0v) is 10.9. The molecule has 0 fully saturated rings. The summed E-state index contributed by atoms with van der Waals surface area (Å²) in [6, 6.07) is 7.45. The van der Waals surface area contributed by atoms with Crippen LogP contribution in [-0.2, 0) is 0 Å². The number of carbonyl (C=O) groups excluding carboxylic acids is 1. The Morgan fingerprint density at radius 1 is 1.30 bits per heavy atom. The fourth-order valence-corrected chi connectivity index (χ4v) is 2.64. The summed E-state index contributed by atoms with van der Waals surface area (Å²) in [6.07, 6.45) is 1.18. The number of carboxylic acid groups (broad SMARTS) is 1. The van der Waals surface area contributed by atoms with Crippen LogP contribution in [0.25, 0.3) is 10.1 Å². The highest BCUT2D eigenvalue weighted by molar-refractivity contribution is 7.17. The number of carbonyl (C=O) groups is 2. The summed E-state index contributed by atoms with van der Waals surface area (Å²) in [4.78, 5) is 29.1.